The number of nitrogens with one attached hydrogen (secondary N) is 1. The molecule has 0 radical (unpaired) electrons. The number of primary sulfonamides is 1. The molecule has 3 rings (SSSR count). The topological polar surface area (TPSA) is 124 Å². The Labute approximate surface area is 145 Å². The molecular formula is C15H16N4O4S2. The third-order valence-corrected chi connectivity index (χ3v) is 5.90. The molecule has 0 amide bonds. The minimum absolute atomic E-state index is 0.131. The molecule has 0 atom stereocenters. The molecule has 1 aromatic carbocycles. The minimum atomic E-state index is -3.97. The molecule has 3 N–H and O–H groups in total. The van der Waals surface area contributed by atoms with Crippen LogP contribution in [-0.4, -0.2) is 32.8 Å². The number of nitrogens with zero attached hydrogens (tertiary/aromatic N) is 2. The van der Waals surface area contributed by atoms with Crippen LogP contribution in [0.15, 0.2) is 64.6 Å². The summed E-state index contributed by atoms with van der Waals surface area (Å²) in [5.41, 5.74) is 1.52. The molecule has 0 fully saturated rings. The normalized spacial score (nSPS) is 12.5. The second kappa shape index (κ2) is 6.56. The predicted octanol–water partition coefficient (Wildman–Crippen LogP) is 0.503. The van der Waals surface area contributed by atoms with Crippen LogP contribution >= 0.6 is 0 Å². The third-order valence-electron chi connectivity index (χ3n) is 3.53. The van der Waals surface area contributed by atoms with Gasteiger partial charge in [-0.15, -0.1) is 0 Å². The summed E-state index contributed by atoms with van der Waals surface area (Å²) in [5.74, 6) is 0. The van der Waals surface area contributed by atoms with Crippen LogP contribution in [0.4, 0.5) is 0 Å². The fourth-order valence-corrected chi connectivity index (χ4v) is 4.03. The lowest BCUT2D eigenvalue weighted by Gasteiger charge is -2.07. The van der Waals surface area contributed by atoms with Gasteiger partial charge in [-0.3, -0.25) is 0 Å². The largest absolute Gasteiger partial charge is 0.307 e. The van der Waals surface area contributed by atoms with E-state index < -0.39 is 20.0 Å². The van der Waals surface area contributed by atoms with Crippen molar-refractivity contribution < 1.29 is 16.8 Å². The van der Waals surface area contributed by atoms with E-state index in [4.69, 9.17) is 5.14 Å². The van der Waals surface area contributed by atoms with E-state index in [1.54, 1.807) is 0 Å². The molecule has 0 aliphatic carbocycles. The van der Waals surface area contributed by atoms with Crippen molar-refractivity contribution in [2.45, 2.75) is 16.2 Å². The number of hydrogen-bond donors (Lipinski definition) is 2. The Morgan fingerprint density at radius 1 is 1.04 bits per heavy atom. The van der Waals surface area contributed by atoms with Gasteiger partial charge in [-0.2, -0.15) is 0 Å². The highest BCUT2D eigenvalue weighted by Gasteiger charge is 2.17. The zero-order valence-electron chi connectivity index (χ0n) is 13.0. The first-order valence-electron chi connectivity index (χ1n) is 7.31. The Bertz CT molecular complexity index is 1090. The predicted molar refractivity (Wildman–Crippen MR) is 91.9 cm³/mol. The lowest BCUT2D eigenvalue weighted by Crippen LogP contribution is -2.26. The molecule has 0 aliphatic rings. The zero-order chi connectivity index (χ0) is 18.1. The van der Waals surface area contributed by atoms with Crippen LogP contribution in [0.25, 0.3) is 5.65 Å². The van der Waals surface area contributed by atoms with Gasteiger partial charge in [0.1, 0.15) is 5.65 Å². The molecule has 0 bridgehead atoms. The number of sulfonamides is 2. The standard InChI is InChI=1S/C15H16N4O4S2/c16-24(20,21)13-4-3-5-14(10-13)25(22,23)17-8-7-12-11-19-9-2-1-6-15(19)18-12/h1-6,9-11,17H,7-8H2,(H2,16,20,21). The van der Waals surface area contributed by atoms with Crippen LogP contribution in [0.3, 0.4) is 0 Å². The van der Waals surface area contributed by atoms with E-state index in [9.17, 15) is 16.8 Å². The molecule has 2 heterocycles. The summed E-state index contributed by atoms with van der Waals surface area (Å²) >= 11 is 0. The second-order valence-electron chi connectivity index (χ2n) is 5.37. The van der Waals surface area contributed by atoms with Crippen molar-refractivity contribution in [3.8, 4) is 0 Å². The number of hydrogen-bond acceptors (Lipinski definition) is 5. The van der Waals surface area contributed by atoms with Crippen molar-refractivity contribution in [3.63, 3.8) is 0 Å². The van der Waals surface area contributed by atoms with Gasteiger partial charge in [0.25, 0.3) is 0 Å². The molecule has 3 aromatic rings. The molecule has 0 aliphatic heterocycles. The number of pyridine rings is 1. The van der Waals surface area contributed by atoms with Crippen molar-refractivity contribution in [1.29, 1.82) is 0 Å². The first-order chi connectivity index (χ1) is 11.8. The van der Waals surface area contributed by atoms with Crippen molar-refractivity contribution in [2.75, 3.05) is 6.54 Å². The Morgan fingerprint density at radius 3 is 2.52 bits per heavy atom. The fraction of sp³-hybridized carbons (Fsp3) is 0.133. The van der Waals surface area contributed by atoms with Gasteiger partial charge in [0.2, 0.25) is 20.0 Å². The third kappa shape index (κ3) is 4.04. The summed E-state index contributed by atoms with van der Waals surface area (Å²) < 4.78 is 51.6. The molecule has 132 valence electrons. The maximum atomic E-state index is 12.3. The number of benzene rings is 1. The monoisotopic (exact) mass is 380 g/mol. The fourth-order valence-electron chi connectivity index (χ4n) is 2.32. The average Bonchev–Trinajstić information content (AvgIpc) is 2.96. The van der Waals surface area contributed by atoms with Crippen LogP contribution in [0.5, 0.6) is 0 Å². The smallest absolute Gasteiger partial charge is 0.240 e. The lowest BCUT2D eigenvalue weighted by molar-refractivity contribution is 0.581. The number of nitrogens with two attached hydrogens (primary N) is 1. The summed E-state index contributed by atoms with van der Waals surface area (Å²) in [6.07, 6.45) is 4.08. The SMILES string of the molecule is NS(=O)(=O)c1cccc(S(=O)(=O)NCCc2cn3ccccc3n2)c1. The maximum Gasteiger partial charge on any atom is 0.240 e. The molecule has 0 saturated carbocycles. The van der Waals surface area contributed by atoms with Gasteiger partial charge in [-0.25, -0.2) is 31.7 Å². The minimum Gasteiger partial charge on any atom is -0.307 e. The van der Waals surface area contributed by atoms with Gasteiger partial charge < -0.3 is 4.40 Å². The molecule has 0 saturated heterocycles. The highest BCUT2D eigenvalue weighted by Crippen LogP contribution is 2.14. The molecule has 0 spiro atoms. The van der Waals surface area contributed by atoms with Crippen LogP contribution < -0.4 is 9.86 Å². The highest BCUT2D eigenvalue weighted by molar-refractivity contribution is 7.90. The quantitative estimate of drug-likeness (QED) is 0.645. The van der Waals surface area contributed by atoms with Gasteiger partial charge in [0, 0.05) is 25.4 Å². The zero-order valence-corrected chi connectivity index (χ0v) is 14.7. The molecule has 25 heavy (non-hydrogen) atoms. The van der Waals surface area contributed by atoms with Crippen molar-refractivity contribution in [3.05, 3.63) is 60.6 Å². The Kier molecular flexibility index (Phi) is 4.60. The van der Waals surface area contributed by atoms with Crippen LogP contribution in [0.1, 0.15) is 5.69 Å². The van der Waals surface area contributed by atoms with Gasteiger partial charge >= 0.3 is 0 Å². The summed E-state index contributed by atoms with van der Waals surface area (Å²) in [6, 6.07) is 10.5. The van der Waals surface area contributed by atoms with E-state index in [0.717, 1.165) is 17.4 Å². The van der Waals surface area contributed by atoms with E-state index in [1.807, 2.05) is 35.0 Å². The van der Waals surface area contributed by atoms with Gasteiger partial charge in [0.05, 0.1) is 15.5 Å². The number of aromatic nitrogens is 2. The highest BCUT2D eigenvalue weighted by atomic mass is 32.2. The van der Waals surface area contributed by atoms with Gasteiger partial charge in [-0.05, 0) is 30.3 Å². The number of imidazole rings is 1. The summed E-state index contributed by atoms with van der Waals surface area (Å²) in [5, 5.41) is 5.03. The summed E-state index contributed by atoms with van der Waals surface area (Å²) in [7, 11) is -7.82. The lowest BCUT2D eigenvalue weighted by atomic mass is 10.3. The summed E-state index contributed by atoms with van der Waals surface area (Å²) in [4.78, 5) is 3.97. The van der Waals surface area contributed by atoms with E-state index in [0.29, 0.717) is 6.42 Å². The Balaban J connectivity index is 1.71. The first kappa shape index (κ1) is 17.5. The van der Waals surface area contributed by atoms with Gasteiger partial charge in [0.15, 0.2) is 0 Å². The molecule has 10 heteroatoms. The van der Waals surface area contributed by atoms with Crippen LogP contribution in [0.2, 0.25) is 0 Å². The van der Waals surface area contributed by atoms with Gasteiger partial charge in [-0.1, -0.05) is 12.1 Å². The molecular weight excluding hydrogens is 364 g/mol. The van der Waals surface area contributed by atoms with Crippen molar-refractivity contribution in [2.24, 2.45) is 5.14 Å². The summed E-state index contributed by atoms with van der Waals surface area (Å²) in [6.45, 7) is 0.131. The van der Waals surface area contributed by atoms with Crippen molar-refractivity contribution >= 4 is 25.7 Å². The van der Waals surface area contributed by atoms with E-state index in [2.05, 4.69) is 9.71 Å². The molecule has 8 nitrogen and oxygen atoms in total. The average molecular weight is 380 g/mol. The van der Waals surface area contributed by atoms with E-state index in [1.165, 1.54) is 18.2 Å². The van der Waals surface area contributed by atoms with Crippen LogP contribution in [-0.2, 0) is 26.5 Å². The Morgan fingerprint density at radius 2 is 1.80 bits per heavy atom. The second-order valence-corrected chi connectivity index (χ2v) is 8.69. The van der Waals surface area contributed by atoms with Crippen molar-refractivity contribution in [1.82, 2.24) is 14.1 Å². The number of rotatable bonds is 6. The molecule has 0 unspecified atom stereocenters. The molecule has 2 aromatic heterocycles. The first-order valence-corrected chi connectivity index (χ1v) is 10.3. The number of fused-ring (bicyclic) bond motifs is 1. The van der Waals surface area contributed by atoms with Crippen LogP contribution in [0, 0.1) is 0 Å². The Hall–Kier alpha value is -2.27. The van der Waals surface area contributed by atoms with E-state index >= 15 is 0 Å². The van der Waals surface area contributed by atoms with E-state index in [-0.39, 0.29) is 16.3 Å². The maximum absolute atomic E-state index is 12.3.